The summed E-state index contributed by atoms with van der Waals surface area (Å²) in [6, 6.07) is 8.56. The molecule has 0 saturated carbocycles. The summed E-state index contributed by atoms with van der Waals surface area (Å²) in [7, 11) is 1.74. The molecule has 0 aliphatic rings. The predicted octanol–water partition coefficient (Wildman–Crippen LogP) is 3.58. The van der Waals surface area contributed by atoms with Crippen LogP contribution in [0.15, 0.2) is 41.6 Å². The van der Waals surface area contributed by atoms with Gasteiger partial charge in [0.25, 0.3) is 5.76 Å². The topological polar surface area (TPSA) is 49.8 Å². The second kappa shape index (κ2) is 6.33. The van der Waals surface area contributed by atoms with Gasteiger partial charge in [-0.3, -0.25) is 0 Å². The van der Waals surface area contributed by atoms with Crippen molar-refractivity contribution in [1.29, 1.82) is 0 Å². The highest BCUT2D eigenvalue weighted by atomic mass is 32.2. The molecule has 100 valence electrons. The number of anilines is 3. The molecule has 1 heterocycles. The van der Waals surface area contributed by atoms with Crippen LogP contribution in [-0.2, 0) is 0 Å². The van der Waals surface area contributed by atoms with Crippen molar-refractivity contribution in [2.24, 2.45) is 0 Å². The van der Waals surface area contributed by atoms with Gasteiger partial charge in [-0.15, -0.1) is 0 Å². The molecule has 0 spiro atoms. The van der Waals surface area contributed by atoms with Crippen LogP contribution in [0.4, 0.5) is 26.1 Å². The second-order valence-electron chi connectivity index (χ2n) is 3.54. The summed E-state index contributed by atoms with van der Waals surface area (Å²) < 4.78 is 24.9. The monoisotopic (exact) mass is 282 g/mol. The summed E-state index contributed by atoms with van der Waals surface area (Å²) >= 11 is 0.499. The number of hydrogen-bond acceptors (Lipinski definition) is 5. The van der Waals surface area contributed by atoms with E-state index in [9.17, 15) is 8.78 Å². The van der Waals surface area contributed by atoms with Gasteiger partial charge in [-0.05, 0) is 12.1 Å². The third-order valence-corrected chi connectivity index (χ3v) is 3.08. The van der Waals surface area contributed by atoms with Crippen LogP contribution in [0.5, 0.6) is 0 Å². The van der Waals surface area contributed by atoms with Crippen LogP contribution in [-0.4, -0.2) is 22.8 Å². The summed E-state index contributed by atoms with van der Waals surface area (Å²) in [5.74, 6) is -1.26. The quantitative estimate of drug-likeness (QED) is 0.821. The van der Waals surface area contributed by atoms with E-state index in [1.807, 2.05) is 0 Å². The highest BCUT2D eigenvalue weighted by Crippen LogP contribution is 2.33. The van der Waals surface area contributed by atoms with E-state index >= 15 is 0 Å². The van der Waals surface area contributed by atoms with Crippen LogP contribution in [0.25, 0.3) is 0 Å². The average molecular weight is 282 g/mol. The van der Waals surface area contributed by atoms with E-state index in [4.69, 9.17) is 0 Å². The molecule has 2 aromatic rings. The Kier molecular flexibility index (Phi) is 4.51. The number of thioether (sulfide) groups is 1. The SMILES string of the molecule is CNc1cc(Nc2ccccc2SC(F)F)ncn1. The minimum atomic E-state index is -2.46. The van der Waals surface area contributed by atoms with Gasteiger partial charge in [0.05, 0.1) is 5.69 Å². The number of hydrogen-bond donors (Lipinski definition) is 2. The van der Waals surface area contributed by atoms with Crippen molar-refractivity contribution in [2.75, 3.05) is 17.7 Å². The molecule has 0 aliphatic heterocycles. The van der Waals surface area contributed by atoms with E-state index in [1.165, 1.54) is 6.33 Å². The zero-order chi connectivity index (χ0) is 13.7. The van der Waals surface area contributed by atoms with Crippen LogP contribution >= 0.6 is 11.8 Å². The average Bonchev–Trinajstić information content (AvgIpc) is 2.41. The summed E-state index contributed by atoms with van der Waals surface area (Å²) in [5.41, 5.74) is 0.591. The molecule has 0 atom stereocenters. The fraction of sp³-hybridized carbons (Fsp3) is 0.167. The van der Waals surface area contributed by atoms with Crippen LogP contribution in [0.3, 0.4) is 0 Å². The van der Waals surface area contributed by atoms with Gasteiger partial charge < -0.3 is 10.6 Å². The van der Waals surface area contributed by atoms with Gasteiger partial charge >= 0.3 is 0 Å². The lowest BCUT2D eigenvalue weighted by Crippen LogP contribution is -1.99. The number of nitrogens with zero attached hydrogens (tertiary/aromatic N) is 2. The molecule has 2 N–H and O–H groups in total. The number of alkyl halides is 2. The van der Waals surface area contributed by atoms with Gasteiger partial charge in [-0.1, -0.05) is 23.9 Å². The maximum atomic E-state index is 12.5. The van der Waals surface area contributed by atoms with Gasteiger partial charge in [0.15, 0.2) is 0 Å². The van der Waals surface area contributed by atoms with E-state index in [1.54, 1.807) is 37.4 Å². The molecule has 1 aromatic carbocycles. The highest BCUT2D eigenvalue weighted by molar-refractivity contribution is 7.99. The van der Waals surface area contributed by atoms with E-state index in [0.29, 0.717) is 34.0 Å². The normalized spacial score (nSPS) is 10.5. The number of benzene rings is 1. The van der Waals surface area contributed by atoms with E-state index in [2.05, 4.69) is 20.6 Å². The van der Waals surface area contributed by atoms with Crippen molar-refractivity contribution in [3.05, 3.63) is 36.7 Å². The summed E-state index contributed by atoms with van der Waals surface area (Å²) in [4.78, 5) is 8.50. The van der Waals surface area contributed by atoms with Gasteiger partial charge in [0.1, 0.15) is 18.0 Å². The molecule has 19 heavy (non-hydrogen) atoms. The minimum absolute atomic E-state index is 0.474. The molecule has 2 rings (SSSR count). The first-order valence-electron chi connectivity index (χ1n) is 5.49. The molecular formula is C12H12F2N4S. The van der Waals surface area contributed by atoms with Gasteiger partial charge in [-0.2, -0.15) is 8.78 Å². The molecule has 0 bridgehead atoms. The first kappa shape index (κ1) is 13.5. The fourth-order valence-electron chi connectivity index (χ4n) is 1.47. The molecule has 1 aromatic heterocycles. The second-order valence-corrected chi connectivity index (χ2v) is 4.57. The largest absolute Gasteiger partial charge is 0.373 e. The molecule has 0 fully saturated rings. The predicted molar refractivity (Wildman–Crippen MR) is 73.2 cm³/mol. The zero-order valence-electron chi connectivity index (χ0n) is 10.1. The molecule has 0 aliphatic carbocycles. The van der Waals surface area contributed by atoms with Crippen molar-refractivity contribution < 1.29 is 8.78 Å². The Morgan fingerprint density at radius 3 is 2.63 bits per heavy atom. The number of nitrogens with one attached hydrogen (secondary N) is 2. The van der Waals surface area contributed by atoms with E-state index in [0.717, 1.165) is 0 Å². The van der Waals surface area contributed by atoms with Crippen LogP contribution in [0.2, 0.25) is 0 Å². The lowest BCUT2D eigenvalue weighted by molar-refractivity contribution is 0.252. The van der Waals surface area contributed by atoms with Crippen LogP contribution in [0.1, 0.15) is 0 Å². The lowest BCUT2D eigenvalue weighted by atomic mass is 10.3. The molecule has 0 unspecified atom stereocenters. The minimum Gasteiger partial charge on any atom is -0.373 e. The molecule has 0 saturated heterocycles. The Labute approximate surface area is 113 Å². The van der Waals surface area contributed by atoms with Crippen molar-refractivity contribution in [2.45, 2.75) is 10.7 Å². The Morgan fingerprint density at radius 1 is 1.16 bits per heavy atom. The first-order valence-corrected chi connectivity index (χ1v) is 6.37. The molecule has 0 amide bonds. The van der Waals surface area contributed by atoms with Crippen LogP contribution in [0, 0.1) is 0 Å². The smallest absolute Gasteiger partial charge is 0.288 e. The zero-order valence-corrected chi connectivity index (χ0v) is 10.9. The van der Waals surface area contributed by atoms with Crippen molar-refractivity contribution in [1.82, 2.24) is 9.97 Å². The molecule has 4 nitrogen and oxygen atoms in total. The van der Waals surface area contributed by atoms with E-state index < -0.39 is 5.76 Å². The van der Waals surface area contributed by atoms with Crippen molar-refractivity contribution in [3.63, 3.8) is 0 Å². The summed E-state index contributed by atoms with van der Waals surface area (Å²) in [6.07, 6.45) is 1.40. The Morgan fingerprint density at radius 2 is 1.89 bits per heavy atom. The third kappa shape index (κ3) is 3.78. The summed E-state index contributed by atoms with van der Waals surface area (Å²) in [6.45, 7) is 0. The molecular weight excluding hydrogens is 270 g/mol. The Hall–Kier alpha value is -1.89. The Balaban J connectivity index is 2.22. The molecule has 0 radical (unpaired) electrons. The molecule has 7 heteroatoms. The van der Waals surface area contributed by atoms with Crippen LogP contribution < -0.4 is 10.6 Å². The maximum absolute atomic E-state index is 12.5. The van der Waals surface area contributed by atoms with Gasteiger partial charge in [-0.25, -0.2) is 9.97 Å². The third-order valence-electron chi connectivity index (χ3n) is 2.29. The maximum Gasteiger partial charge on any atom is 0.288 e. The fourth-order valence-corrected chi connectivity index (χ4v) is 2.06. The first-order chi connectivity index (χ1) is 9.19. The number of para-hydroxylation sites is 1. The highest BCUT2D eigenvalue weighted by Gasteiger charge is 2.10. The summed E-state index contributed by atoms with van der Waals surface area (Å²) in [5, 5.41) is 5.89. The van der Waals surface area contributed by atoms with Crippen molar-refractivity contribution in [3.8, 4) is 0 Å². The van der Waals surface area contributed by atoms with Gasteiger partial charge in [0, 0.05) is 18.0 Å². The number of rotatable bonds is 5. The number of halogens is 2. The van der Waals surface area contributed by atoms with Crippen molar-refractivity contribution >= 4 is 29.1 Å². The number of aromatic nitrogens is 2. The van der Waals surface area contributed by atoms with E-state index in [-0.39, 0.29) is 0 Å². The standard InChI is InChI=1S/C12H12F2N4S/c1-15-10-6-11(17-7-16-10)18-8-4-2-3-5-9(8)19-12(13)14/h2-7,12H,1H3,(H2,15,16,17,18). The Bertz CT molecular complexity index is 551. The van der Waals surface area contributed by atoms with Gasteiger partial charge in [0.2, 0.25) is 0 Å². The lowest BCUT2D eigenvalue weighted by Gasteiger charge is -2.11.